The second kappa shape index (κ2) is 9.55. The number of amides is 3. The maximum atomic E-state index is 12.5. The zero-order valence-corrected chi connectivity index (χ0v) is 17.9. The summed E-state index contributed by atoms with van der Waals surface area (Å²) >= 11 is 0. The number of anilines is 1. The van der Waals surface area contributed by atoms with Crippen LogP contribution < -0.4 is 20.3 Å². The number of nitrogens with one attached hydrogen (secondary N) is 3. The van der Waals surface area contributed by atoms with Crippen molar-refractivity contribution in [2.75, 3.05) is 31.6 Å². The fraction of sp³-hybridized carbons (Fsp3) is 0.292. The van der Waals surface area contributed by atoms with E-state index in [1.165, 1.54) is 0 Å². The molecule has 1 saturated heterocycles. The van der Waals surface area contributed by atoms with E-state index in [1.54, 1.807) is 36.3 Å². The van der Waals surface area contributed by atoms with Crippen LogP contribution in [-0.4, -0.2) is 49.4 Å². The average Bonchev–Trinajstić information content (AvgIpc) is 3.41. The summed E-state index contributed by atoms with van der Waals surface area (Å²) in [5.41, 5.74) is 2.92. The van der Waals surface area contributed by atoms with Crippen molar-refractivity contribution in [3.05, 3.63) is 60.3 Å². The van der Waals surface area contributed by atoms with Gasteiger partial charge in [0, 0.05) is 42.3 Å². The number of ether oxygens (including phenoxy) is 1. The number of hydrogen-bond acceptors (Lipinski definition) is 4. The molecule has 2 heterocycles. The molecule has 3 aromatic rings. The van der Waals surface area contributed by atoms with Gasteiger partial charge < -0.3 is 25.3 Å². The highest BCUT2D eigenvalue weighted by Gasteiger charge is 2.35. The highest BCUT2D eigenvalue weighted by molar-refractivity contribution is 6.00. The number of rotatable bonds is 8. The standard InChI is InChI=1S/C24H26N4O4/c1-32-19-8-6-18(7-9-19)28-15-17(12-23(28)30)24(31)27-14-22(29)25-11-10-16-13-26-21-5-3-2-4-20(16)21/h2-9,13,17,26H,10-12,14-15H2,1H3,(H,25,29)(H,27,31)/t17-/m0/s1. The van der Waals surface area contributed by atoms with Crippen molar-refractivity contribution >= 4 is 34.3 Å². The highest BCUT2D eigenvalue weighted by atomic mass is 16.5. The van der Waals surface area contributed by atoms with Gasteiger partial charge in [0.25, 0.3) is 0 Å². The summed E-state index contributed by atoms with van der Waals surface area (Å²) in [5, 5.41) is 6.62. The van der Waals surface area contributed by atoms with Crippen LogP contribution in [0.4, 0.5) is 5.69 Å². The van der Waals surface area contributed by atoms with Crippen LogP contribution in [-0.2, 0) is 20.8 Å². The first-order chi connectivity index (χ1) is 15.5. The van der Waals surface area contributed by atoms with Gasteiger partial charge in [-0.2, -0.15) is 0 Å². The Bertz CT molecular complexity index is 1120. The summed E-state index contributed by atoms with van der Waals surface area (Å²) in [6.45, 7) is 0.656. The van der Waals surface area contributed by atoms with E-state index in [1.807, 2.05) is 30.5 Å². The highest BCUT2D eigenvalue weighted by Crippen LogP contribution is 2.26. The average molecular weight is 434 g/mol. The minimum atomic E-state index is -0.483. The van der Waals surface area contributed by atoms with Crippen LogP contribution in [0.1, 0.15) is 12.0 Å². The summed E-state index contributed by atoms with van der Waals surface area (Å²) in [6, 6.07) is 15.1. The van der Waals surface area contributed by atoms with Crippen molar-refractivity contribution in [2.45, 2.75) is 12.8 Å². The predicted molar refractivity (Wildman–Crippen MR) is 121 cm³/mol. The maximum absolute atomic E-state index is 12.5. The molecule has 32 heavy (non-hydrogen) atoms. The van der Waals surface area contributed by atoms with E-state index in [9.17, 15) is 14.4 Å². The number of aromatic amines is 1. The molecule has 1 aliphatic heterocycles. The molecule has 0 aliphatic carbocycles. The van der Waals surface area contributed by atoms with Crippen LogP contribution in [0.3, 0.4) is 0 Å². The molecule has 1 fully saturated rings. The second-order valence-corrected chi connectivity index (χ2v) is 7.78. The Morgan fingerprint density at radius 1 is 1.12 bits per heavy atom. The third-order valence-electron chi connectivity index (χ3n) is 5.69. The number of H-pyrrole nitrogens is 1. The Labute approximate surface area is 185 Å². The van der Waals surface area contributed by atoms with Gasteiger partial charge in [0.1, 0.15) is 5.75 Å². The van der Waals surface area contributed by atoms with Crippen molar-refractivity contribution in [1.29, 1.82) is 0 Å². The zero-order valence-electron chi connectivity index (χ0n) is 17.9. The number of para-hydroxylation sites is 1. The Hall–Kier alpha value is -3.81. The van der Waals surface area contributed by atoms with Crippen molar-refractivity contribution in [2.24, 2.45) is 5.92 Å². The summed E-state index contributed by atoms with van der Waals surface area (Å²) in [4.78, 5) is 41.8. The molecule has 0 spiro atoms. The molecule has 8 nitrogen and oxygen atoms in total. The van der Waals surface area contributed by atoms with Gasteiger partial charge in [-0.3, -0.25) is 14.4 Å². The molecule has 3 amide bonds. The Balaban J connectivity index is 1.22. The lowest BCUT2D eigenvalue weighted by Gasteiger charge is -2.17. The van der Waals surface area contributed by atoms with E-state index in [0.717, 1.165) is 22.2 Å². The fourth-order valence-electron chi connectivity index (χ4n) is 3.94. The first kappa shape index (κ1) is 21.4. The first-order valence-electron chi connectivity index (χ1n) is 10.6. The Morgan fingerprint density at radius 2 is 1.91 bits per heavy atom. The fourth-order valence-corrected chi connectivity index (χ4v) is 3.94. The lowest BCUT2D eigenvalue weighted by Crippen LogP contribution is -2.40. The topological polar surface area (TPSA) is 104 Å². The molecule has 166 valence electrons. The van der Waals surface area contributed by atoms with E-state index in [2.05, 4.69) is 15.6 Å². The minimum absolute atomic E-state index is 0.111. The van der Waals surface area contributed by atoms with Crippen molar-refractivity contribution < 1.29 is 19.1 Å². The van der Waals surface area contributed by atoms with Crippen molar-refractivity contribution in [3.63, 3.8) is 0 Å². The number of carbonyl (C=O) groups excluding carboxylic acids is 3. The Kier molecular flexibility index (Phi) is 6.39. The molecule has 2 aromatic carbocycles. The summed E-state index contributed by atoms with van der Waals surface area (Å²) < 4.78 is 5.13. The monoisotopic (exact) mass is 434 g/mol. The van der Waals surface area contributed by atoms with E-state index >= 15 is 0 Å². The minimum Gasteiger partial charge on any atom is -0.497 e. The molecule has 1 aromatic heterocycles. The molecule has 1 atom stereocenters. The number of aromatic nitrogens is 1. The Morgan fingerprint density at radius 3 is 2.69 bits per heavy atom. The number of methoxy groups -OCH3 is 1. The smallest absolute Gasteiger partial charge is 0.239 e. The van der Waals surface area contributed by atoms with Crippen LogP contribution in [0.25, 0.3) is 10.9 Å². The largest absolute Gasteiger partial charge is 0.497 e. The van der Waals surface area contributed by atoms with Crippen LogP contribution in [0.2, 0.25) is 0 Å². The van der Waals surface area contributed by atoms with Crippen LogP contribution in [0.5, 0.6) is 5.75 Å². The molecule has 1 aliphatic rings. The van der Waals surface area contributed by atoms with Crippen LogP contribution >= 0.6 is 0 Å². The van der Waals surface area contributed by atoms with Gasteiger partial charge in [0.2, 0.25) is 17.7 Å². The summed E-state index contributed by atoms with van der Waals surface area (Å²) in [5.74, 6) is -0.441. The van der Waals surface area contributed by atoms with Gasteiger partial charge >= 0.3 is 0 Å². The van der Waals surface area contributed by atoms with Crippen LogP contribution in [0.15, 0.2) is 54.7 Å². The molecule has 0 radical (unpaired) electrons. The zero-order chi connectivity index (χ0) is 22.5. The van der Waals surface area contributed by atoms with Gasteiger partial charge in [-0.25, -0.2) is 0 Å². The van der Waals surface area contributed by atoms with Gasteiger partial charge in [0.05, 0.1) is 19.6 Å². The summed E-state index contributed by atoms with van der Waals surface area (Å²) in [7, 11) is 1.58. The quantitative estimate of drug-likeness (QED) is 0.505. The van der Waals surface area contributed by atoms with Gasteiger partial charge in [-0.15, -0.1) is 0 Å². The molecular weight excluding hydrogens is 408 g/mol. The lowest BCUT2D eigenvalue weighted by atomic mass is 10.1. The van der Waals surface area contributed by atoms with Gasteiger partial charge in [-0.05, 0) is 42.3 Å². The molecule has 4 rings (SSSR count). The third kappa shape index (κ3) is 4.74. The van der Waals surface area contributed by atoms with Gasteiger partial charge in [-0.1, -0.05) is 18.2 Å². The molecular formula is C24H26N4O4. The van der Waals surface area contributed by atoms with Crippen LogP contribution in [0, 0.1) is 5.92 Å². The molecule has 0 saturated carbocycles. The number of fused-ring (bicyclic) bond motifs is 1. The third-order valence-corrected chi connectivity index (χ3v) is 5.69. The van der Waals surface area contributed by atoms with Crippen molar-refractivity contribution in [3.8, 4) is 5.75 Å². The molecule has 8 heteroatoms. The second-order valence-electron chi connectivity index (χ2n) is 7.78. The number of hydrogen-bond donors (Lipinski definition) is 3. The first-order valence-corrected chi connectivity index (χ1v) is 10.6. The van der Waals surface area contributed by atoms with E-state index in [-0.39, 0.29) is 30.7 Å². The van der Waals surface area contributed by atoms with E-state index in [0.29, 0.717) is 25.3 Å². The number of benzene rings is 2. The molecule has 3 N–H and O–H groups in total. The van der Waals surface area contributed by atoms with E-state index < -0.39 is 5.92 Å². The summed E-state index contributed by atoms with van der Waals surface area (Å²) in [6.07, 6.45) is 2.77. The molecule has 0 unspecified atom stereocenters. The van der Waals surface area contributed by atoms with E-state index in [4.69, 9.17) is 4.74 Å². The SMILES string of the molecule is COc1ccc(N2C[C@@H](C(=O)NCC(=O)NCCc3c[nH]c4ccccc34)CC2=O)cc1. The number of carbonyl (C=O) groups is 3. The number of nitrogens with zero attached hydrogens (tertiary/aromatic N) is 1. The van der Waals surface area contributed by atoms with Crippen molar-refractivity contribution in [1.82, 2.24) is 15.6 Å². The normalized spacial score (nSPS) is 15.7. The molecule has 0 bridgehead atoms. The predicted octanol–water partition coefficient (Wildman–Crippen LogP) is 2.00. The lowest BCUT2D eigenvalue weighted by molar-refractivity contribution is -0.128. The maximum Gasteiger partial charge on any atom is 0.239 e. The van der Waals surface area contributed by atoms with Gasteiger partial charge in [0.15, 0.2) is 0 Å².